The van der Waals surface area contributed by atoms with Crippen molar-refractivity contribution in [3.05, 3.63) is 0 Å². The zero-order chi connectivity index (χ0) is 25.2. The molecule has 0 saturated heterocycles. The maximum Gasteiger partial charge on any atom is 0.326 e. The van der Waals surface area contributed by atoms with Crippen LogP contribution in [-0.2, 0) is 28.8 Å². The van der Waals surface area contributed by atoms with E-state index in [4.69, 9.17) is 22.3 Å². The van der Waals surface area contributed by atoms with Crippen LogP contribution in [0.4, 0.5) is 0 Å². The molecule has 5 amide bonds. The van der Waals surface area contributed by atoms with Gasteiger partial charge in [-0.1, -0.05) is 34.1 Å². The van der Waals surface area contributed by atoms with E-state index in [0.29, 0.717) is 6.42 Å². The summed E-state index contributed by atoms with van der Waals surface area (Å²) in [4.78, 5) is 71.5. The van der Waals surface area contributed by atoms with Crippen molar-refractivity contribution in [1.82, 2.24) is 16.0 Å². The standard InChI is InChI=1S/C19H34N6O7/c1-5-9(4)15(25-17(29)14(22)8(2)3)18(30)23-10(6-12(20)26)16(28)24-11(19(31)32)7-13(21)27/h8-11,14-15H,5-7,22H2,1-4H3,(H2,20,26)(H2,21,27)(H,23,30)(H,24,28)(H,25,29)(H,31,32). The molecule has 0 heterocycles. The monoisotopic (exact) mass is 458 g/mol. The molecular weight excluding hydrogens is 424 g/mol. The smallest absolute Gasteiger partial charge is 0.326 e. The van der Waals surface area contributed by atoms with Gasteiger partial charge in [-0.05, 0) is 11.8 Å². The average Bonchev–Trinajstić information content (AvgIpc) is 2.68. The van der Waals surface area contributed by atoms with Gasteiger partial charge in [0.05, 0.1) is 18.9 Å². The summed E-state index contributed by atoms with van der Waals surface area (Å²) < 4.78 is 0. The molecule has 32 heavy (non-hydrogen) atoms. The molecule has 0 aromatic rings. The molecule has 5 atom stereocenters. The molecule has 0 aromatic carbocycles. The summed E-state index contributed by atoms with van der Waals surface area (Å²) in [6.45, 7) is 6.96. The van der Waals surface area contributed by atoms with Crippen molar-refractivity contribution in [3.63, 3.8) is 0 Å². The number of carboxylic acids is 1. The van der Waals surface area contributed by atoms with Gasteiger partial charge in [0.2, 0.25) is 29.5 Å². The van der Waals surface area contributed by atoms with Gasteiger partial charge in [-0.25, -0.2) is 4.79 Å². The molecule has 10 N–H and O–H groups in total. The molecule has 0 spiro atoms. The minimum absolute atomic E-state index is 0.192. The van der Waals surface area contributed by atoms with Crippen molar-refractivity contribution >= 4 is 35.5 Å². The number of hydrogen-bond acceptors (Lipinski definition) is 7. The lowest BCUT2D eigenvalue weighted by Gasteiger charge is -2.28. The number of carbonyl (C=O) groups is 6. The quantitative estimate of drug-likeness (QED) is 0.144. The lowest BCUT2D eigenvalue weighted by Crippen LogP contribution is -2.59. The van der Waals surface area contributed by atoms with Crippen LogP contribution >= 0.6 is 0 Å². The molecule has 13 nitrogen and oxygen atoms in total. The van der Waals surface area contributed by atoms with E-state index in [1.54, 1.807) is 27.7 Å². The number of nitrogens with two attached hydrogens (primary N) is 3. The zero-order valence-corrected chi connectivity index (χ0v) is 18.7. The maximum atomic E-state index is 12.9. The Labute approximate surface area is 186 Å². The largest absolute Gasteiger partial charge is 0.480 e. The summed E-state index contributed by atoms with van der Waals surface area (Å²) in [6, 6.07) is -5.16. The van der Waals surface area contributed by atoms with Crippen LogP contribution in [-0.4, -0.2) is 64.8 Å². The number of nitrogens with one attached hydrogen (secondary N) is 3. The van der Waals surface area contributed by atoms with E-state index in [9.17, 15) is 28.8 Å². The van der Waals surface area contributed by atoms with Crippen LogP contribution in [0.3, 0.4) is 0 Å². The number of aliphatic carboxylic acids is 1. The predicted molar refractivity (Wildman–Crippen MR) is 113 cm³/mol. The average molecular weight is 459 g/mol. The first kappa shape index (κ1) is 28.8. The maximum absolute atomic E-state index is 12.9. The van der Waals surface area contributed by atoms with Crippen molar-refractivity contribution in [2.45, 2.75) is 71.1 Å². The van der Waals surface area contributed by atoms with Gasteiger partial charge < -0.3 is 38.3 Å². The molecule has 0 rings (SSSR count). The molecule has 0 aliphatic carbocycles. The van der Waals surface area contributed by atoms with Gasteiger partial charge in [-0.3, -0.25) is 24.0 Å². The van der Waals surface area contributed by atoms with E-state index >= 15 is 0 Å². The number of carbonyl (C=O) groups excluding carboxylic acids is 5. The molecule has 0 aliphatic heterocycles. The number of amides is 5. The SMILES string of the molecule is CCC(C)C(NC(=O)C(N)C(C)C)C(=O)NC(CC(N)=O)C(=O)NC(CC(N)=O)C(=O)O. The second-order valence-electron chi connectivity index (χ2n) is 7.94. The lowest BCUT2D eigenvalue weighted by molar-refractivity contribution is -0.144. The number of hydrogen-bond donors (Lipinski definition) is 7. The van der Waals surface area contributed by atoms with Crippen LogP contribution in [0, 0.1) is 11.8 Å². The highest BCUT2D eigenvalue weighted by atomic mass is 16.4. The van der Waals surface area contributed by atoms with Crippen molar-refractivity contribution in [2.24, 2.45) is 29.0 Å². The van der Waals surface area contributed by atoms with Crippen molar-refractivity contribution < 1.29 is 33.9 Å². The van der Waals surface area contributed by atoms with E-state index in [-0.39, 0.29) is 11.8 Å². The fraction of sp³-hybridized carbons (Fsp3) is 0.684. The predicted octanol–water partition coefficient (Wildman–Crippen LogP) is -2.69. The Morgan fingerprint density at radius 3 is 1.66 bits per heavy atom. The Morgan fingerprint density at radius 2 is 1.25 bits per heavy atom. The summed E-state index contributed by atoms with van der Waals surface area (Å²) in [5.74, 6) is -6.42. The Hall–Kier alpha value is -3.22. The summed E-state index contributed by atoms with van der Waals surface area (Å²) in [5.41, 5.74) is 15.9. The van der Waals surface area contributed by atoms with E-state index in [1.807, 2.05) is 5.32 Å². The van der Waals surface area contributed by atoms with Gasteiger partial charge in [0, 0.05) is 0 Å². The summed E-state index contributed by atoms with van der Waals surface area (Å²) in [6.07, 6.45) is -0.855. The minimum atomic E-state index is -1.67. The number of carboxylic acid groups (broad SMARTS) is 1. The molecule has 0 radical (unpaired) electrons. The third kappa shape index (κ3) is 9.73. The first-order valence-corrected chi connectivity index (χ1v) is 10.2. The van der Waals surface area contributed by atoms with Crippen LogP contribution in [0.15, 0.2) is 0 Å². The third-order valence-corrected chi connectivity index (χ3v) is 4.87. The van der Waals surface area contributed by atoms with E-state index in [2.05, 4.69) is 10.6 Å². The highest BCUT2D eigenvalue weighted by molar-refractivity contribution is 5.96. The molecule has 0 bridgehead atoms. The lowest BCUT2D eigenvalue weighted by atomic mass is 9.96. The number of rotatable bonds is 14. The zero-order valence-electron chi connectivity index (χ0n) is 18.7. The van der Waals surface area contributed by atoms with Gasteiger partial charge >= 0.3 is 5.97 Å². The number of primary amides is 2. The van der Waals surface area contributed by atoms with Gasteiger partial charge in [0.25, 0.3) is 0 Å². The highest BCUT2D eigenvalue weighted by Crippen LogP contribution is 2.10. The van der Waals surface area contributed by atoms with Gasteiger partial charge in [-0.2, -0.15) is 0 Å². The van der Waals surface area contributed by atoms with E-state index < -0.39 is 72.5 Å². The summed E-state index contributed by atoms with van der Waals surface area (Å²) >= 11 is 0. The van der Waals surface area contributed by atoms with Crippen LogP contribution in [0.2, 0.25) is 0 Å². The molecule has 13 heteroatoms. The second kappa shape index (κ2) is 13.2. The Morgan fingerprint density at radius 1 is 0.781 bits per heavy atom. The molecule has 0 fully saturated rings. The molecule has 0 aromatic heterocycles. The first-order valence-electron chi connectivity index (χ1n) is 10.2. The minimum Gasteiger partial charge on any atom is -0.480 e. The van der Waals surface area contributed by atoms with Crippen molar-refractivity contribution in [2.75, 3.05) is 0 Å². The molecule has 0 saturated carbocycles. The van der Waals surface area contributed by atoms with E-state index in [1.165, 1.54) is 0 Å². The molecule has 0 aliphatic rings. The normalized spacial score (nSPS) is 15.6. The summed E-state index contributed by atoms with van der Waals surface area (Å²) in [7, 11) is 0. The third-order valence-electron chi connectivity index (χ3n) is 4.87. The Bertz CT molecular complexity index is 727. The fourth-order valence-electron chi connectivity index (χ4n) is 2.60. The Balaban J connectivity index is 5.61. The Kier molecular flexibility index (Phi) is 11.9. The summed E-state index contributed by atoms with van der Waals surface area (Å²) in [5, 5.41) is 16.1. The van der Waals surface area contributed by atoms with Gasteiger partial charge in [0.1, 0.15) is 18.1 Å². The van der Waals surface area contributed by atoms with Crippen LogP contribution < -0.4 is 33.2 Å². The van der Waals surface area contributed by atoms with Crippen LogP contribution in [0.5, 0.6) is 0 Å². The van der Waals surface area contributed by atoms with E-state index in [0.717, 1.165) is 0 Å². The van der Waals surface area contributed by atoms with Crippen LogP contribution in [0.25, 0.3) is 0 Å². The van der Waals surface area contributed by atoms with Crippen molar-refractivity contribution in [1.29, 1.82) is 0 Å². The van der Waals surface area contributed by atoms with Crippen molar-refractivity contribution in [3.8, 4) is 0 Å². The van der Waals surface area contributed by atoms with Gasteiger partial charge in [0.15, 0.2) is 0 Å². The fourth-order valence-corrected chi connectivity index (χ4v) is 2.60. The highest BCUT2D eigenvalue weighted by Gasteiger charge is 2.33. The molecular formula is C19H34N6O7. The second-order valence-corrected chi connectivity index (χ2v) is 7.94. The van der Waals surface area contributed by atoms with Crippen LogP contribution in [0.1, 0.15) is 47.0 Å². The molecule has 5 unspecified atom stereocenters. The molecule has 182 valence electrons. The van der Waals surface area contributed by atoms with Gasteiger partial charge in [-0.15, -0.1) is 0 Å². The first-order chi connectivity index (χ1) is 14.7. The topological polar surface area (TPSA) is 237 Å².